The number of nitro benzene ring substituents is 1. The van der Waals surface area contributed by atoms with Crippen molar-refractivity contribution in [2.24, 2.45) is 5.92 Å². The van der Waals surface area contributed by atoms with Gasteiger partial charge in [-0.15, -0.1) is 0 Å². The molecule has 248 valence electrons. The first kappa shape index (κ1) is 35.8. The molecule has 3 rings (SSSR count). The number of benzene rings is 1. The SMILES string of the molecule is CCC(=O)CCCCC[C@@H]1NC(O)[C@H]2CCCCN2C(=O)[C@H](C(C)CC)NC(=O)[C@H](CC(=O)c2ccccc2[N+](=O)[O-])NC1=O. The standard InChI is InChI=1S/C32H47N5O8/c1-4-20(3)28-32(43)36-18-12-11-17-26(36)31(42)33-23(15-8-6-7-13-21(38)5-2)29(40)34-24(30(41)35-28)19-27(39)22-14-9-10-16-25(22)37(44)45/h9-10,14,16,20,23-24,26,28,31,33,42H,4-8,11-13,15,17-19H2,1-3H3,(H,34,40)(H,35,41)/t20?,23-,24-,26+,28-,31?/m0/s1. The lowest BCUT2D eigenvalue weighted by molar-refractivity contribution is -0.385. The van der Waals surface area contributed by atoms with Crippen molar-refractivity contribution in [1.82, 2.24) is 20.9 Å². The Morgan fingerprint density at radius 1 is 1.04 bits per heavy atom. The maximum absolute atomic E-state index is 13.9. The summed E-state index contributed by atoms with van der Waals surface area (Å²) < 4.78 is 0. The second-order valence-corrected chi connectivity index (χ2v) is 12.1. The molecule has 6 atom stereocenters. The van der Waals surface area contributed by atoms with E-state index in [0.717, 1.165) is 12.8 Å². The summed E-state index contributed by atoms with van der Waals surface area (Å²) in [6, 6.07) is 1.39. The minimum atomic E-state index is -1.44. The number of Topliss-reactive ketones (excluding diaryl/α,β-unsaturated/α-hetero) is 2. The van der Waals surface area contributed by atoms with Crippen molar-refractivity contribution in [2.75, 3.05) is 6.54 Å². The Bertz CT molecular complexity index is 1240. The smallest absolute Gasteiger partial charge is 0.280 e. The molecule has 0 aromatic heterocycles. The zero-order valence-electron chi connectivity index (χ0n) is 26.5. The quantitative estimate of drug-likeness (QED) is 0.110. The molecule has 0 saturated carbocycles. The first-order valence-corrected chi connectivity index (χ1v) is 16.1. The van der Waals surface area contributed by atoms with Gasteiger partial charge >= 0.3 is 0 Å². The van der Waals surface area contributed by atoms with Crippen LogP contribution in [0, 0.1) is 16.0 Å². The van der Waals surface area contributed by atoms with Crippen LogP contribution in [0.2, 0.25) is 0 Å². The number of piperidine rings is 1. The van der Waals surface area contributed by atoms with Gasteiger partial charge in [-0.2, -0.15) is 0 Å². The van der Waals surface area contributed by atoms with Gasteiger partial charge in [0.25, 0.3) is 5.69 Å². The fraction of sp³-hybridized carbons (Fsp3) is 0.656. The van der Waals surface area contributed by atoms with Crippen LogP contribution in [-0.2, 0) is 19.2 Å². The number of carbonyl (C=O) groups is 5. The lowest BCUT2D eigenvalue weighted by Gasteiger charge is -2.42. The molecule has 0 radical (unpaired) electrons. The minimum Gasteiger partial charge on any atom is -0.376 e. The number of carbonyl (C=O) groups excluding carboxylic acids is 5. The van der Waals surface area contributed by atoms with Gasteiger partial charge in [0.2, 0.25) is 17.7 Å². The van der Waals surface area contributed by atoms with Gasteiger partial charge in [0.1, 0.15) is 24.1 Å². The summed E-state index contributed by atoms with van der Waals surface area (Å²) in [6.45, 7) is 5.89. The fourth-order valence-corrected chi connectivity index (χ4v) is 5.95. The average Bonchev–Trinajstić information content (AvgIpc) is 3.04. The summed E-state index contributed by atoms with van der Waals surface area (Å²) in [5, 5.41) is 31.3. The van der Waals surface area contributed by atoms with E-state index in [0.29, 0.717) is 51.5 Å². The number of nitrogens with zero attached hydrogens (tertiary/aromatic N) is 2. The number of nitro groups is 1. The predicted octanol–water partition coefficient (Wildman–Crippen LogP) is 2.78. The van der Waals surface area contributed by atoms with Crippen LogP contribution in [0.5, 0.6) is 0 Å². The largest absolute Gasteiger partial charge is 0.376 e. The van der Waals surface area contributed by atoms with E-state index in [-0.39, 0.29) is 29.6 Å². The van der Waals surface area contributed by atoms with E-state index in [1.165, 1.54) is 24.3 Å². The molecule has 1 aromatic rings. The van der Waals surface area contributed by atoms with Crippen LogP contribution in [0.3, 0.4) is 0 Å². The van der Waals surface area contributed by atoms with Crippen molar-refractivity contribution in [2.45, 2.75) is 122 Å². The van der Waals surface area contributed by atoms with Gasteiger partial charge in [0, 0.05) is 31.9 Å². The highest BCUT2D eigenvalue weighted by molar-refractivity contribution is 6.04. The minimum absolute atomic E-state index is 0.155. The van der Waals surface area contributed by atoms with E-state index in [2.05, 4.69) is 16.0 Å². The van der Waals surface area contributed by atoms with Crippen LogP contribution in [0.4, 0.5) is 5.69 Å². The Morgan fingerprint density at radius 2 is 1.76 bits per heavy atom. The number of aliphatic hydroxyl groups excluding tert-OH is 1. The molecular formula is C32H47N5O8. The number of rotatable bonds is 13. The van der Waals surface area contributed by atoms with Crippen LogP contribution in [-0.4, -0.2) is 81.2 Å². The molecule has 2 heterocycles. The maximum atomic E-state index is 13.9. The van der Waals surface area contributed by atoms with Crippen LogP contribution in [0.1, 0.15) is 102 Å². The summed E-state index contributed by atoms with van der Waals surface area (Å²) in [5.74, 6) is -2.59. The van der Waals surface area contributed by atoms with Crippen LogP contribution in [0.15, 0.2) is 24.3 Å². The third kappa shape index (κ3) is 9.64. The molecule has 2 fully saturated rings. The second-order valence-electron chi connectivity index (χ2n) is 12.1. The van der Waals surface area contributed by atoms with Gasteiger partial charge in [-0.05, 0) is 44.1 Å². The molecule has 0 spiro atoms. The summed E-state index contributed by atoms with van der Waals surface area (Å²) in [6.07, 6.45) is 3.80. The Kier molecular flexibility index (Phi) is 13.6. The average molecular weight is 630 g/mol. The normalized spacial score (nSPS) is 25.2. The molecule has 2 unspecified atom stereocenters. The zero-order valence-corrected chi connectivity index (χ0v) is 26.5. The van der Waals surface area contributed by atoms with Crippen LogP contribution in [0.25, 0.3) is 0 Å². The maximum Gasteiger partial charge on any atom is 0.280 e. The Hall–Kier alpha value is -3.71. The van der Waals surface area contributed by atoms with Gasteiger partial charge in [0.05, 0.1) is 22.6 Å². The number of nitrogens with one attached hydrogen (secondary N) is 3. The van der Waals surface area contributed by atoms with Gasteiger partial charge in [0.15, 0.2) is 5.78 Å². The highest BCUT2D eigenvalue weighted by atomic mass is 16.6. The summed E-state index contributed by atoms with van der Waals surface area (Å²) in [4.78, 5) is 79.0. The fourth-order valence-electron chi connectivity index (χ4n) is 5.95. The molecule has 0 aliphatic carbocycles. The molecule has 4 N–H and O–H groups in total. The number of hydrogen-bond donors (Lipinski definition) is 4. The van der Waals surface area contributed by atoms with Gasteiger partial charge in [-0.3, -0.25) is 39.4 Å². The molecule has 0 bridgehead atoms. The van der Waals surface area contributed by atoms with E-state index < -0.39 is 65.0 Å². The first-order valence-electron chi connectivity index (χ1n) is 16.1. The second kappa shape index (κ2) is 17.1. The molecule has 13 nitrogen and oxygen atoms in total. The molecule has 1 aromatic carbocycles. The van der Waals surface area contributed by atoms with Crippen LogP contribution >= 0.6 is 0 Å². The highest BCUT2D eigenvalue weighted by Gasteiger charge is 2.41. The van der Waals surface area contributed by atoms with E-state index in [9.17, 15) is 39.2 Å². The zero-order chi connectivity index (χ0) is 33.1. The monoisotopic (exact) mass is 629 g/mol. The number of para-hydroxylation sites is 1. The molecule has 2 saturated heterocycles. The Morgan fingerprint density at radius 3 is 2.44 bits per heavy atom. The lowest BCUT2D eigenvalue weighted by Crippen LogP contribution is -2.65. The Balaban J connectivity index is 1.94. The van der Waals surface area contributed by atoms with Crippen LogP contribution < -0.4 is 16.0 Å². The van der Waals surface area contributed by atoms with E-state index in [4.69, 9.17) is 0 Å². The van der Waals surface area contributed by atoms with Crippen molar-refractivity contribution in [3.05, 3.63) is 39.9 Å². The summed E-state index contributed by atoms with van der Waals surface area (Å²) in [5.41, 5.74) is -0.622. The highest BCUT2D eigenvalue weighted by Crippen LogP contribution is 2.25. The number of unbranched alkanes of at least 4 members (excludes halogenated alkanes) is 2. The molecular weight excluding hydrogens is 582 g/mol. The number of aliphatic hydroxyl groups is 1. The Labute approximate surface area is 264 Å². The molecule has 2 aliphatic heterocycles. The number of ketones is 2. The summed E-state index contributed by atoms with van der Waals surface area (Å²) in [7, 11) is 0. The van der Waals surface area contributed by atoms with E-state index in [1.807, 2.05) is 13.8 Å². The third-order valence-corrected chi connectivity index (χ3v) is 8.93. The van der Waals surface area contributed by atoms with Gasteiger partial charge in [-0.1, -0.05) is 52.2 Å². The number of hydrogen-bond acceptors (Lipinski definition) is 9. The lowest BCUT2D eigenvalue weighted by atomic mass is 9.92. The number of fused-ring (bicyclic) bond motifs is 1. The van der Waals surface area contributed by atoms with Crippen molar-refractivity contribution >= 4 is 35.0 Å². The number of amides is 3. The van der Waals surface area contributed by atoms with Crippen molar-refractivity contribution in [1.29, 1.82) is 0 Å². The van der Waals surface area contributed by atoms with Crippen molar-refractivity contribution in [3.63, 3.8) is 0 Å². The van der Waals surface area contributed by atoms with Gasteiger partial charge in [-0.25, -0.2) is 0 Å². The molecule has 2 aliphatic rings. The van der Waals surface area contributed by atoms with Gasteiger partial charge < -0.3 is 20.6 Å². The topological polar surface area (TPSA) is 188 Å². The van der Waals surface area contributed by atoms with E-state index >= 15 is 0 Å². The molecule has 45 heavy (non-hydrogen) atoms. The third-order valence-electron chi connectivity index (χ3n) is 8.93. The van der Waals surface area contributed by atoms with E-state index in [1.54, 1.807) is 11.8 Å². The molecule has 3 amide bonds. The van der Waals surface area contributed by atoms with Crippen molar-refractivity contribution in [3.8, 4) is 0 Å². The first-order chi connectivity index (χ1) is 21.5. The summed E-state index contributed by atoms with van der Waals surface area (Å²) >= 11 is 0. The molecule has 13 heteroatoms. The predicted molar refractivity (Wildman–Crippen MR) is 166 cm³/mol. The van der Waals surface area contributed by atoms with Crippen molar-refractivity contribution < 1.29 is 34.0 Å².